The van der Waals surface area contributed by atoms with Crippen molar-refractivity contribution in [2.45, 2.75) is 23.3 Å². The highest BCUT2D eigenvalue weighted by Gasteiger charge is 2.47. The Morgan fingerprint density at radius 1 is 1.27 bits per heavy atom. The lowest BCUT2D eigenvalue weighted by molar-refractivity contribution is -0.00610. The zero-order valence-electron chi connectivity index (χ0n) is 14.7. The molecule has 1 amide bonds. The average Bonchev–Trinajstić information content (AvgIpc) is 3.34. The van der Waals surface area contributed by atoms with E-state index in [0.717, 1.165) is 17.1 Å². The summed E-state index contributed by atoms with van der Waals surface area (Å²) in [5, 5.41) is 13.6. The molecule has 0 saturated heterocycles. The third kappa shape index (κ3) is 3.53. The van der Waals surface area contributed by atoms with Crippen LogP contribution < -0.4 is 5.32 Å². The summed E-state index contributed by atoms with van der Waals surface area (Å²) in [6.07, 6.45) is 3.25. The molecule has 1 fully saturated rings. The third-order valence-electron chi connectivity index (χ3n) is 4.61. The van der Waals surface area contributed by atoms with Crippen LogP contribution in [0.3, 0.4) is 0 Å². The van der Waals surface area contributed by atoms with Crippen LogP contribution >= 0.6 is 0 Å². The van der Waals surface area contributed by atoms with Crippen LogP contribution in [0.1, 0.15) is 29.0 Å². The van der Waals surface area contributed by atoms with Gasteiger partial charge in [0.25, 0.3) is 5.91 Å². The summed E-state index contributed by atoms with van der Waals surface area (Å²) < 4.78 is 30.6. The van der Waals surface area contributed by atoms with Gasteiger partial charge in [0, 0.05) is 19.7 Å². The van der Waals surface area contributed by atoms with Crippen LogP contribution in [0.4, 0.5) is 0 Å². The number of nitrogens with one attached hydrogen (secondary N) is 1. The molecule has 0 unspecified atom stereocenters. The first kappa shape index (κ1) is 18.6. The van der Waals surface area contributed by atoms with Gasteiger partial charge in [0.15, 0.2) is 0 Å². The normalized spacial score (nSPS) is 17.1. The van der Waals surface area contributed by atoms with Crippen LogP contribution in [-0.4, -0.2) is 44.4 Å². The summed E-state index contributed by atoms with van der Waals surface area (Å²) >= 11 is 0. The monoisotopic (exact) mass is 378 g/mol. The van der Waals surface area contributed by atoms with E-state index in [9.17, 15) is 18.3 Å². The van der Waals surface area contributed by atoms with Gasteiger partial charge in [-0.15, -0.1) is 0 Å². The van der Waals surface area contributed by atoms with Crippen molar-refractivity contribution in [1.82, 2.24) is 9.62 Å². The maximum Gasteiger partial charge on any atom is 0.251 e. The highest BCUT2D eigenvalue weighted by Crippen LogP contribution is 2.45. The fourth-order valence-electron chi connectivity index (χ4n) is 2.82. The van der Waals surface area contributed by atoms with Gasteiger partial charge in [-0.05, 0) is 55.2 Å². The second-order valence-electron chi connectivity index (χ2n) is 6.67. The molecule has 0 aliphatic heterocycles. The number of carbonyl (C=O) groups is 1. The Hall–Kier alpha value is -2.16. The molecule has 2 aromatic rings. The van der Waals surface area contributed by atoms with Crippen LogP contribution in [0, 0.1) is 5.92 Å². The van der Waals surface area contributed by atoms with E-state index >= 15 is 0 Å². The van der Waals surface area contributed by atoms with E-state index < -0.39 is 15.6 Å². The Morgan fingerprint density at radius 2 is 1.92 bits per heavy atom. The van der Waals surface area contributed by atoms with E-state index in [1.165, 1.54) is 44.6 Å². The van der Waals surface area contributed by atoms with E-state index in [2.05, 4.69) is 5.32 Å². The Labute approximate surface area is 152 Å². The number of aliphatic hydroxyl groups is 1. The van der Waals surface area contributed by atoms with Crippen LogP contribution in [0.5, 0.6) is 0 Å². The molecule has 0 bridgehead atoms. The molecule has 8 heteroatoms. The molecule has 7 nitrogen and oxygen atoms in total. The number of amides is 1. The van der Waals surface area contributed by atoms with Crippen molar-refractivity contribution in [2.24, 2.45) is 5.92 Å². The predicted molar refractivity (Wildman–Crippen MR) is 95.0 cm³/mol. The number of rotatable bonds is 7. The first-order chi connectivity index (χ1) is 12.2. The molecule has 1 atom stereocenters. The first-order valence-corrected chi connectivity index (χ1v) is 9.76. The van der Waals surface area contributed by atoms with Crippen molar-refractivity contribution >= 4 is 15.9 Å². The topological polar surface area (TPSA) is 99.9 Å². The van der Waals surface area contributed by atoms with Gasteiger partial charge in [-0.25, -0.2) is 12.7 Å². The number of carbonyl (C=O) groups excluding carboxylic acids is 1. The summed E-state index contributed by atoms with van der Waals surface area (Å²) in [4.78, 5) is 12.5. The van der Waals surface area contributed by atoms with Crippen molar-refractivity contribution in [3.05, 3.63) is 54.0 Å². The van der Waals surface area contributed by atoms with Gasteiger partial charge in [-0.1, -0.05) is 0 Å². The molecule has 1 aromatic heterocycles. The van der Waals surface area contributed by atoms with E-state index in [0.29, 0.717) is 11.3 Å². The van der Waals surface area contributed by atoms with E-state index in [1.807, 2.05) is 0 Å². The SMILES string of the molecule is CN(C)S(=O)(=O)c1ccc(C(=O)NC[C@](O)(c2ccco2)C2CC2)cc1. The number of nitrogens with zero attached hydrogens (tertiary/aromatic N) is 1. The molecular weight excluding hydrogens is 356 g/mol. The second-order valence-corrected chi connectivity index (χ2v) is 8.82. The number of furan rings is 1. The zero-order chi connectivity index (χ0) is 18.9. The number of benzene rings is 1. The van der Waals surface area contributed by atoms with Crippen LogP contribution in [0.2, 0.25) is 0 Å². The van der Waals surface area contributed by atoms with Gasteiger partial charge in [-0.3, -0.25) is 4.79 Å². The molecular formula is C18H22N2O5S. The van der Waals surface area contributed by atoms with Crippen LogP contribution in [0.25, 0.3) is 0 Å². The third-order valence-corrected chi connectivity index (χ3v) is 6.44. The number of hydrogen-bond acceptors (Lipinski definition) is 5. The minimum atomic E-state index is -3.54. The Kier molecular flexibility index (Phi) is 4.92. The van der Waals surface area contributed by atoms with Gasteiger partial charge in [0.1, 0.15) is 11.4 Å². The van der Waals surface area contributed by atoms with Crippen LogP contribution in [0.15, 0.2) is 52.0 Å². The second kappa shape index (κ2) is 6.86. The van der Waals surface area contributed by atoms with Gasteiger partial charge < -0.3 is 14.8 Å². The van der Waals surface area contributed by atoms with Crippen molar-refractivity contribution < 1.29 is 22.7 Å². The maximum absolute atomic E-state index is 12.4. The van der Waals surface area contributed by atoms with Crippen molar-refractivity contribution in [3.8, 4) is 0 Å². The fraction of sp³-hybridized carbons (Fsp3) is 0.389. The Balaban J connectivity index is 1.70. The predicted octanol–water partition coefficient (Wildman–Crippen LogP) is 1.56. The summed E-state index contributed by atoms with van der Waals surface area (Å²) in [6.45, 7) is 0.0295. The minimum Gasteiger partial charge on any atom is -0.466 e. The lowest BCUT2D eigenvalue weighted by Gasteiger charge is -2.26. The molecule has 1 aliphatic rings. The quantitative estimate of drug-likeness (QED) is 0.762. The van der Waals surface area contributed by atoms with Crippen LogP contribution in [-0.2, 0) is 15.6 Å². The minimum absolute atomic E-state index is 0.0295. The molecule has 0 radical (unpaired) electrons. The molecule has 1 aromatic carbocycles. The molecule has 1 heterocycles. The molecule has 1 aliphatic carbocycles. The summed E-state index contributed by atoms with van der Waals surface area (Å²) in [7, 11) is -0.643. The summed E-state index contributed by atoms with van der Waals surface area (Å²) in [6, 6.07) is 9.09. The Morgan fingerprint density at radius 3 is 2.42 bits per heavy atom. The zero-order valence-corrected chi connectivity index (χ0v) is 15.5. The molecule has 26 heavy (non-hydrogen) atoms. The van der Waals surface area contributed by atoms with Gasteiger partial charge in [0.05, 0.1) is 17.7 Å². The van der Waals surface area contributed by atoms with Gasteiger partial charge >= 0.3 is 0 Å². The largest absolute Gasteiger partial charge is 0.466 e. The first-order valence-electron chi connectivity index (χ1n) is 8.32. The fourth-order valence-corrected chi connectivity index (χ4v) is 3.73. The lowest BCUT2D eigenvalue weighted by atomic mass is 9.94. The molecule has 140 valence electrons. The van der Waals surface area contributed by atoms with Gasteiger partial charge in [0.2, 0.25) is 10.0 Å². The highest BCUT2D eigenvalue weighted by atomic mass is 32.2. The van der Waals surface area contributed by atoms with E-state index in [1.54, 1.807) is 12.1 Å². The van der Waals surface area contributed by atoms with Gasteiger partial charge in [-0.2, -0.15) is 0 Å². The van der Waals surface area contributed by atoms with E-state index in [-0.39, 0.29) is 23.3 Å². The van der Waals surface area contributed by atoms with E-state index in [4.69, 9.17) is 4.42 Å². The maximum atomic E-state index is 12.4. The molecule has 1 saturated carbocycles. The number of hydrogen-bond donors (Lipinski definition) is 2. The molecule has 2 N–H and O–H groups in total. The lowest BCUT2D eigenvalue weighted by Crippen LogP contribution is -2.42. The smallest absolute Gasteiger partial charge is 0.251 e. The van der Waals surface area contributed by atoms with Crippen molar-refractivity contribution in [2.75, 3.05) is 20.6 Å². The summed E-state index contributed by atoms with van der Waals surface area (Å²) in [5.41, 5.74) is -0.909. The van der Waals surface area contributed by atoms with Crippen molar-refractivity contribution in [1.29, 1.82) is 0 Å². The Bertz CT molecular complexity index is 871. The standard InChI is InChI=1S/C18H22N2O5S/c1-20(2)26(23,24)15-9-5-13(6-10-15)17(21)19-12-18(22,14-7-8-14)16-4-3-11-25-16/h3-6,9-11,14,22H,7-8,12H2,1-2H3,(H,19,21)/t18-/m1/s1. The molecule has 3 rings (SSSR count). The average molecular weight is 378 g/mol. The van der Waals surface area contributed by atoms with Crippen molar-refractivity contribution in [3.63, 3.8) is 0 Å². The molecule has 0 spiro atoms. The number of sulfonamides is 1. The highest BCUT2D eigenvalue weighted by molar-refractivity contribution is 7.89. The summed E-state index contributed by atoms with van der Waals surface area (Å²) in [5.74, 6) is 0.110.